The van der Waals surface area contributed by atoms with Crippen molar-refractivity contribution in [1.29, 1.82) is 0 Å². The summed E-state index contributed by atoms with van der Waals surface area (Å²) < 4.78 is 0. The molecule has 2 N–H and O–H groups in total. The number of hydrogen-bond donors (Lipinski definition) is 2. The third-order valence-electron chi connectivity index (χ3n) is 6.98. The molecular weight excluding hydrogens is 400 g/mol. The minimum atomic E-state index is -0.812. The van der Waals surface area contributed by atoms with Crippen LogP contribution in [0.3, 0.4) is 0 Å². The average molecular weight is 429 g/mol. The Morgan fingerprint density at radius 1 is 0.969 bits per heavy atom. The van der Waals surface area contributed by atoms with E-state index in [-0.39, 0.29) is 17.9 Å². The molecule has 6 heteroatoms. The number of carbonyl (C=O) groups excluding carboxylic acids is 2. The zero-order chi connectivity index (χ0) is 22.0. The van der Waals surface area contributed by atoms with E-state index in [0.29, 0.717) is 6.42 Å². The molecule has 164 valence electrons. The number of benzene rings is 2. The van der Waals surface area contributed by atoms with Gasteiger partial charge in [-0.15, -0.1) is 0 Å². The van der Waals surface area contributed by atoms with Gasteiger partial charge in [-0.3, -0.25) is 20.0 Å². The van der Waals surface area contributed by atoms with Gasteiger partial charge in [0.2, 0.25) is 0 Å². The Bertz CT molecular complexity index is 1120. The second-order valence-corrected chi connectivity index (χ2v) is 8.95. The molecule has 2 fully saturated rings. The van der Waals surface area contributed by atoms with E-state index in [0.717, 1.165) is 49.8 Å². The lowest BCUT2D eigenvalue weighted by Crippen LogP contribution is -2.56. The molecule has 0 unspecified atom stereocenters. The van der Waals surface area contributed by atoms with Crippen LogP contribution in [0.25, 0.3) is 10.9 Å². The largest absolute Gasteiger partial charge is 0.323 e. The summed E-state index contributed by atoms with van der Waals surface area (Å²) in [5.74, 6) is -0.0337. The average Bonchev–Trinajstić information content (AvgIpc) is 3.12. The molecule has 32 heavy (non-hydrogen) atoms. The first-order valence-corrected chi connectivity index (χ1v) is 11.4. The maximum Gasteiger partial charge on any atom is 0.322 e. The lowest BCUT2D eigenvalue weighted by Gasteiger charge is -2.40. The maximum absolute atomic E-state index is 12.9. The summed E-state index contributed by atoms with van der Waals surface area (Å²) in [6, 6.07) is 20.3. The number of urea groups is 1. The number of nitrogens with zero attached hydrogens (tertiary/aromatic N) is 2. The van der Waals surface area contributed by atoms with Gasteiger partial charge in [-0.1, -0.05) is 42.5 Å². The van der Waals surface area contributed by atoms with Crippen LogP contribution in [0.4, 0.5) is 4.79 Å². The summed E-state index contributed by atoms with van der Waals surface area (Å²) in [6.45, 7) is 2.70. The van der Waals surface area contributed by atoms with Crippen LogP contribution in [0.2, 0.25) is 0 Å². The van der Waals surface area contributed by atoms with Crippen molar-refractivity contribution in [2.75, 3.05) is 13.1 Å². The van der Waals surface area contributed by atoms with Crippen LogP contribution in [-0.2, 0) is 17.8 Å². The second-order valence-electron chi connectivity index (χ2n) is 8.95. The number of rotatable bonds is 6. The molecule has 1 aromatic heterocycles. The fourth-order valence-corrected chi connectivity index (χ4v) is 5.22. The Kier molecular flexibility index (Phi) is 5.62. The molecule has 1 atom stereocenters. The van der Waals surface area contributed by atoms with E-state index < -0.39 is 5.54 Å². The molecule has 0 aliphatic carbocycles. The number of fused-ring (bicyclic) bond motifs is 1. The van der Waals surface area contributed by atoms with Crippen molar-refractivity contribution in [3.63, 3.8) is 0 Å². The number of pyridine rings is 1. The van der Waals surface area contributed by atoms with Crippen LogP contribution in [0.5, 0.6) is 0 Å². The molecule has 3 amide bonds. The Morgan fingerprint density at radius 3 is 2.53 bits per heavy atom. The van der Waals surface area contributed by atoms with Gasteiger partial charge in [0.15, 0.2) is 0 Å². The normalized spacial score (nSPS) is 22.1. The topological polar surface area (TPSA) is 74.3 Å². The number of amides is 3. The van der Waals surface area contributed by atoms with E-state index >= 15 is 0 Å². The Morgan fingerprint density at radius 2 is 1.78 bits per heavy atom. The third-order valence-corrected chi connectivity index (χ3v) is 6.98. The summed E-state index contributed by atoms with van der Waals surface area (Å²) in [5.41, 5.74) is 2.66. The van der Waals surface area contributed by atoms with Gasteiger partial charge in [0, 0.05) is 18.1 Å². The van der Waals surface area contributed by atoms with Gasteiger partial charge in [-0.25, -0.2) is 4.79 Å². The van der Waals surface area contributed by atoms with Crippen molar-refractivity contribution < 1.29 is 9.59 Å². The zero-order valence-corrected chi connectivity index (χ0v) is 18.1. The molecular formula is C26H28N4O2. The summed E-state index contributed by atoms with van der Waals surface area (Å²) in [5, 5.41) is 6.68. The molecule has 0 bridgehead atoms. The Balaban J connectivity index is 1.26. The molecule has 0 saturated carbocycles. The molecule has 3 heterocycles. The van der Waals surface area contributed by atoms with Gasteiger partial charge in [-0.2, -0.15) is 0 Å². The van der Waals surface area contributed by atoms with Crippen molar-refractivity contribution in [2.45, 2.75) is 37.8 Å². The van der Waals surface area contributed by atoms with Crippen LogP contribution in [0, 0.1) is 5.92 Å². The van der Waals surface area contributed by atoms with Crippen molar-refractivity contribution >= 4 is 22.8 Å². The number of aromatic nitrogens is 1. The summed E-state index contributed by atoms with van der Waals surface area (Å²) >= 11 is 0. The van der Waals surface area contributed by atoms with E-state index in [4.69, 9.17) is 0 Å². The van der Waals surface area contributed by atoms with Crippen LogP contribution in [0.15, 0.2) is 66.9 Å². The van der Waals surface area contributed by atoms with E-state index in [1.807, 2.05) is 30.5 Å². The zero-order valence-electron chi connectivity index (χ0n) is 18.1. The van der Waals surface area contributed by atoms with Gasteiger partial charge in [0.25, 0.3) is 5.91 Å². The predicted molar refractivity (Wildman–Crippen MR) is 124 cm³/mol. The smallest absolute Gasteiger partial charge is 0.322 e. The molecule has 2 aliphatic heterocycles. The lowest BCUT2D eigenvalue weighted by molar-refractivity contribution is -0.127. The molecule has 2 aromatic carbocycles. The fraction of sp³-hybridized carbons (Fsp3) is 0.346. The van der Waals surface area contributed by atoms with E-state index in [1.165, 1.54) is 11.1 Å². The Labute approximate surface area is 188 Å². The van der Waals surface area contributed by atoms with E-state index in [1.54, 1.807) is 0 Å². The van der Waals surface area contributed by atoms with Crippen LogP contribution in [0.1, 0.15) is 30.4 Å². The minimum Gasteiger partial charge on any atom is -0.323 e. The van der Waals surface area contributed by atoms with Crippen molar-refractivity contribution in [1.82, 2.24) is 20.5 Å². The molecule has 5 rings (SSSR count). The van der Waals surface area contributed by atoms with Crippen LogP contribution >= 0.6 is 0 Å². The van der Waals surface area contributed by atoms with Gasteiger partial charge in [0.1, 0.15) is 5.54 Å². The fourth-order valence-electron chi connectivity index (χ4n) is 5.22. The first kappa shape index (κ1) is 20.6. The number of hydrogen-bond acceptors (Lipinski definition) is 4. The molecule has 2 saturated heterocycles. The third kappa shape index (κ3) is 4.10. The van der Waals surface area contributed by atoms with E-state index in [9.17, 15) is 9.59 Å². The van der Waals surface area contributed by atoms with Gasteiger partial charge < -0.3 is 5.32 Å². The second kappa shape index (κ2) is 8.71. The standard InChI is InChI=1S/C26H28N4O2/c31-24-26(29-25(32)28-24,13-10-19-5-2-1-3-6-19)22-11-15-30(16-12-22)18-20-8-9-23-21(17-20)7-4-14-27-23/h1-9,14,17,22H,10-13,15-16,18H2,(H2,28,29,31,32)/t26-/m1/s1. The maximum atomic E-state index is 12.9. The highest BCUT2D eigenvalue weighted by Gasteiger charge is 2.51. The number of nitrogens with one attached hydrogen (secondary N) is 2. The van der Waals surface area contributed by atoms with E-state index in [2.05, 4.69) is 56.9 Å². The predicted octanol–water partition coefficient (Wildman–Crippen LogP) is 3.66. The SMILES string of the molecule is O=C1NC(=O)[C@@](CCc2ccccc2)(C2CCN(Cc3ccc4ncccc4c3)CC2)N1. The molecule has 3 aromatic rings. The molecule has 6 nitrogen and oxygen atoms in total. The lowest BCUT2D eigenvalue weighted by atomic mass is 9.74. The van der Waals surface area contributed by atoms with Crippen LogP contribution in [-0.4, -0.2) is 40.5 Å². The highest BCUT2D eigenvalue weighted by Crippen LogP contribution is 2.35. The monoisotopic (exact) mass is 428 g/mol. The number of piperidine rings is 1. The summed E-state index contributed by atoms with van der Waals surface area (Å²) in [7, 11) is 0. The summed E-state index contributed by atoms with van der Waals surface area (Å²) in [6.07, 6.45) is 4.98. The molecule has 0 radical (unpaired) electrons. The van der Waals surface area contributed by atoms with Crippen LogP contribution < -0.4 is 10.6 Å². The number of aryl methyl sites for hydroxylation is 1. The highest BCUT2D eigenvalue weighted by molar-refractivity contribution is 6.07. The first-order valence-electron chi connectivity index (χ1n) is 11.4. The number of likely N-dealkylation sites (tertiary alicyclic amines) is 1. The van der Waals surface area contributed by atoms with Gasteiger partial charge in [-0.05, 0) is 74.0 Å². The molecule has 0 spiro atoms. The van der Waals surface area contributed by atoms with Gasteiger partial charge in [0.05, 0.1) is 5.52 Å². The van der Waals surface area contributed by atoms with Crippen molar-refractivity contribution in [3.05, 3.63) is 78.0 Å². The minimum absolute atomic E-state index is 0.134. The quantitative estimate of drug-likeness (QED) is 0.588. The summed E-state index contributed by atoms with van der Waals surface area (Å²) in [4.78, 5) is 31.8. The molecule has 2 aliphatic rings. The number of carbonyl (C=O) groups is 2. The Hall–Kier alpha value is -3.25. The highest BCUT2D eigenvalue weighted by atomic mass is 16.2. The first-order chi connectivity index (χ1) is 15.6. The van der Waals surface area contributed by atoms with Crippen molar-refractivity contribution in [2.24, 2.45) is 5.92 Å². The number of imide groups is 1. The van der Waals surface area contributed by atoms with Gasteiger partial charge >= 0.3 is 6.03 Å². The van der Waals surface area contributed by atoms with Crippen molar-refractivity contribution in [3.8, 4) is 0 Å².